The highest BCUT2D eigenvalue weighted by Crippen LogP contribution is 2.30. The number of para-hydroxylation sites is 1. The van der Waals surface area contributed by atoms with Crippen LogP contribution in [0, 0.1) is 0 Å². The van der Waals surface area contributed by atoms with Crippen molar-refractivity contribution in [2.24, 2.45) is 0 Å². The summed E-state index contributed by atoms with van der Waals surface area (Å²) in [5.74, 6) is 2.00. The largest absolute Gasteiger partial charge is 0.457 e. The fourth-order valence-electron chi connectivity index (χ4n) is 4.02. The van der Waals surface area contributed by atoms with Crippen LogP contribution in [0.3, 0.4) is 0 Å². The van der Waals surface area contributed by atoms with E-state index in [1.165, 1.54) is 94.6 Å². The predicted octanol–water partition coefficient (Wildman–Crippen LogP) is 9.28. The molecule has 0 aliphatic rings. The Kier molecular flexibility index (Phi) is 12.3. The lowest BCUT2D eigenvalue weighted by Gasteiger charge is -2.16. The van der Waals surface area contributed by atoms with Gasteiger partial charge in [0.1, 0.15) is 11.5 Å². The fraction of sp³-hybridized carbons (Fsp3) is 0.571. The number of rotatable bonds is 16. The van der Waals surface area contributed by atoms with Crippen LogP contribution in [0.15, 0.2) is 48.5 Å². The van der Waals surface area contributed by atoms with Gasteiger partial charge in [-0.1, -0.05) is 108 Å². The molecule has 0 heterocycles. The van der Waals surface area contributed by atoms with Gasteiger partial charge in [-0.3, -0.25) is 0 Å². The van der Waals surface area contributed by atoms with Crippen molar-refractivity contribution in [3.05, 3.63) is 59.7 Å². The lowest BCUT2D eigenvalue weighted by molar-refractivity contribution is 0.472. The van der Waals surface area contributed by atoms with Crippen molar-refractivity contribution in [2.75, 3.05) is 0 Å². The summed E-state index contributed by atoms with van der Waals surface area (Å²) in [4.78, 5) is 0. The topological polar surface area (TPSA) is 9.23 Å². The van der Waals surface area contributed by atoms with E-state index in [0.29, 0.717) is 0 Å². The monoisotopic (exact) mass is 394 g/mol. The second-order valence-electron chi connectivity index (χ2n) is 8.34. The van der Waals surface area contributed by atoms with E-state index in [1.807, 2.05) is 18.2 Å². The van der Waals surface area contributed by atoms with Crippen molar-refractivity contribution >= 4 is 0 Å². The lowest BCUT2D eigenvalue weighted by Crippen LogP contribution is -1.99. The average Bonchev–Trinajstić information content (AvgIpc) is 2.75. The molecule has 1 nitrogen and oxygen atoms in total. The standard InChI is InChI=1S/C28H42O/c1-3-5-7-9-11-14-19-25-20-18-24-28(29-26-21-15-13-16-22-26)27(25)23-17-12-10-8-6-4-2/h13,15-16,18,20-22,24H,3-12,14,17,19,23H2,1-2H3. The van der Waals surface area contributed by atoms with Crippen molar-refractivity contribution in [3.63, 3.8) is 0 Å². The highest BCUT2D eigenvalue weighted by Gasteiger charge is 2.10. The summed E-state index contributed by atoms with van der Waals surface area (Å²) in [6.07, 6.45) is 18.5. The van der Waals surface area contributed by atoms with Crippen LogP contribution in [0.1, 0.15) is 102 Å². The molecular formula is C28H42O. The van der Waals surface area contributed by atoms with Gasteiger partial charge >= 0.3 is 0 Å². The smallest absolute Gasteiger partial charge is 0.130 e. The minimum Gasteiger partial charge on any atom is -0.457 e. The van der Waals surface area contributed by atoms with Crippen LogP contribution in [0.25, 0.3) is 0 Å². The summed E-state index contributed by atoms with van der Waals surface area (Å²) < 4.78 is 6.31. The second-order valence-corrected chi connectivity index (χ2v) is 8.34. The van der Waals surface area contributed by atoms with Crippen LogP contribution in [0.5, 0.6) is 11.5 Å². The quantitative estimate of drug-likeness (QED) is 0.258. The number of benzene rings is 2. The SMILES string of the molecule is CCCCCCCCc1cccc(Oc2ccccc2)c1CCCCCCCC. The molecule has 2 rings (SSSR count). The van der Waals surface area contributed by atoms with Gasteiger partial charge in [-0.25, -0.2) is 0 Å². The van der Waals surface area contributed by atoms with Crippen molar-refractivity contribution in [2.45, 2.75) is 104 Å². The van der Waals surface area contributed by atoms with Gasteiger partial charge in [-0.05, 0) is 55.0 Å². The Balaban J connectivity index is 1.98. The van der Waals surface area contributed by atoms with Crippen LogP contribution in [-0.2, 0) is 12.8 Å². The Morgan fingerprint density at radius 1 is 0.552 bits per heavy atom. The van der Waals surface area contributed by atoms with E-state index in [4.69, 9.17) is 4.74 Å². The molecule has 0 bridgehead atoms. The third kappa shape index (κ3) is 9.52. The van der Waals surface area contributed by atoms with Gasteiger partial charge < -0.3 is 4.74 Å². The predicted molar refractivity (Wildman–Crippen MR) is 127 cm³/mol. The number of hydrogen-bond acceptors (Lipinski definition) is 1. The third-order valence-corrected chi connectivity index (χ3v) is 5.78. The first-order valence-corrected chi connectivity index (χ1v) is 12.2. The molecule has 0 spiro atoms. The molecule has 0 unspecified atom stereocenters. The molecule has 0 aliphatic heterocycles. The van der Waals surface area contributed by atoms with E-state index in [1.54, 1.807) is 0 Å². The van der Waals surface area contributed by atoms with E-state index >= 15 is 0 Å². The first-order chi connectivity index (χ1) is 14.3. The third-order valence-electron chi connectivity index (χ3n) is 5.78. The maximum Gasteiger partial charge on any atom is 0.130 e. The first-order valence-electron chi connectivity index (χ1n) is 12.2. The van der Waals surface area contributed by atoms with E-state index in [9.17, 15) is 0 Å². The molecular weight excluding hydrogens is 352 g/mol. The normalized spacial score (nSPS) is 11.0. The summed E-state index contributed by atoms with van der Waals surface area (Å²) in [7, 11) is 0. The number of unbranched alkanes of at least 4 members (excludes halogenated alkanes) is 10. The van der Waals surface area contributed by atoms with Crippen molar-refractivity contribution in [3.8, 4) is 11.5 Å². The van der Waals surface area contributed by atoms with Crippen LogP contribution in [0.4, 0.5) is 0 Å². The van der Waals surface area contributed by atoms with Crippen LogP contribution in [-0.4, -0.2) is 0 Å². The molecule has 0 atom stereocenters. The zero-order valence-electron chi connectivity index (χ0n) is 18.9. The second kappa shape index (κ2) is 15.1. The average molecular weight is 395 g/mol. The molecule has 0 saturated heterocycles. The lowest BCUT2D eigenvalue weighted by atomic mass is 9.95. The Morgan fingerprint density at radius 2 is 1.14 bits per heavy atom. The summed E-state index contributed by atoms with van der Waals surface area (Å²) in [6.45, 7) is 4.57. The van der Waals surface area contributed by atoms with Gasteiger partial charge in [0.25, 0.3) is 0 Å². The van der Waals surface area contributed by atoms with E-state index in [-0.39, 0.29) is 0 Å². The van der Waals surface area contributed by atoms with Crippen molar-refractivity contribution in [1.29, 1.82) is 0 Å². The highest BCUT2D eigenvalue weighted by molar-refractivity contribution is 5.43. The molecule has 0 amide bonds. The molecule has 0 aromatic heterocycles. The molecule has 160 valence electrons. The van der Waals surface area contributed by atoms with Crippen molar-refractivity contribution < 1.29 is 4.74 Å². The van der Waals surface area contributed by atoms with Crippen LogP contribution >= 0.6 is 0 Å². The summed E-state index contributed by atoms with van der Waals surface area (Å²) >= 11 is 0. The van der Waals surface area contributed by atoms with Crippen LogP contribution in [0.2, 0.25) is 0 Å². The minimum atomic E-state index is 0.938. The molecule has 0 fully saturated rings. The zero-order valence-corrected chi connectivity index (χ0v) is 18.9. The summed E-state index contributed by atoms with van der Waals surface area (Å²) in [5.41, 5.74) is 2.95. The van der Waals surface area contributed by atoms with E-state index < -0.39 is 0 Å². The molecule has 1 heteroatoms. The highest BCUT2D eigenvalue weighted by atomic mass is 16.5. The first kappa shape index (κ1) is 23.5. The Morgan fingerprint density at radius 3 is 1.79 bits per heavy atom. The van der Waals surface area contributed by atoms with Crippen LogP contribution < -0.4 is 4.74 Å². The maximum absolute atomic E-state index is 6.31. The van der Waals surface area contributed by atoms with Gasteiger partial charge in [0, 0.05) is 0 Å². The maximum atomic E-state index is 6.31. The molecule has 0 radical (unpaired) electrons. The van der Waals surface area contributed by atoms with Crippen molar-refractivity contribution in [1.82, 2.24) is 0 Å². The van der Waals surface area contributed by atoms with Gasteiger partial charge in [-0.15, -0.1) is 0 Å². The summed E-state index contributed by atoms with van der Waals surface area (Å²) in [6, 6.07) is 16.9. The molecule has 29 heavy (non-hydrogen) atoms. The fourth-order valence-corrected chi connectivity index (χ4v) is 4.02. The van der Waals surface area contributed by atoms with Gasteiger partial charge in [-0.2, -0.15) is 0 Å². The Labute approximate surface area is 179 Å². The van der Waals surface area contributed by atoms with E-state index in [0.717, 1.165) is 17.9 Å². The molecule has 0 aliphatic carbocycles. The Bertz CT molecular complexity index is 647. The van der Waals surface area contributed by atoms with Gasteiger partial charge in [0.05, 0.1) is 0 Å². The molecule has 2 aromatic carbocycles. The number of ether oxygens (including phenoxy) is 1. The van der Waals surface area contributed by atoms with Gasteiger partial charge in [0.2, 0.25) is 0 Å². The Hall–Kier alpha value is -1.76. The number of aryl methyl sites for hydroxylation is 1. The summed E-state index contributed by atoms with van der Waals surface area (Å²) in [5, 5.41) is 0. The van der Waals surface area contributed by atoms with Gasteiger partial charge in [0.15, 0.2) is 0 Å². The molecule has 0 N–H and O–H groups in total. The molecule has 0 saturated carbocycles. The zero-order chi connectivity index (χ0) is 20.6. The number of hydrogen-bond donors (Lipinski definition) is 0. The minimum absolute atomic E-state index is 0.938. The molecule has 2 aromatic rings. The van der Waals surface area contributed by atoms with E-state index in [2.05, 4.69) is 44.2 Å².